The number of hydrogen-bond donors (Lipinski definition) is 0. The summed E-state index contributed by atoms with van der Waals surface area (Å²) in [4.78, 5) is 26.4. The summed E-state index contributed by atoms with van der Waals surface area (Å²) in [6, 6.07) is 16.8. The Morgan fingerprint density at radius 2 is 1.74 bits per heavy atom. The minimum Gasteiger partial charge on any atom is -0.497 e. The predicted octanol–water partition coefficient (Wildman–Crippen LogP) is 4.98. The molecule has 0 aliphatic heterocycles. The summed E-state index contributed by atoms with van der Waals surface area (Å²) in [6.07, 6.45) is 8.90. The molecular formula is C24H20N2O5. The molecule has 0 amide bonds. The van der Waals surface area contributed by atoms with Gasteiger partial charge in [0.2, 0.25) is 0 Å². The minimum atomic E-state index is -0.511. The Morgan fingerprint density at radius 1 is 1.03 bits per heavy atom. The van der Waals surface area contributed by atoms with E-state index < -0.39 is 10.9 Å². The number of allylic oxidation sites excluding steroid dienone is 2. The third-order valence-electron chi connectivity index (χ3n) is 4.34. The van der Waals surface area contributed by atoms with Crippen LogP contribution in [0.1, 0.15) is 17.5 Å². The Bertz CT molecular complexity index is 1090. The van der Waals surface area contributed by atoms with Crippen LogP contribution < -0.4 is 9.47 Å². The number of methoxy groups -OCH3 is 1. The number of benzene rings is 2. The lowest BCUT2D eigenvalue weighted by atomic mass is 9.98. The second kappa shape index (κ2) is 10.5. The molecule has 31 heavy (non-hydrogen) atoms. The number of pyridine rings is 1. The molecule has 1 aromatic heterocycles. The number of esters is 1. The van der Waals surface area contributed by atoms with Gasteiger partial charge in [-0.05, 0) is 41.5 Å². The lowest BCUT2D eigenvalue weighted by molar-refractivity contribution is -0.384. The molecule has 0 unspecified atom stereocenters. The predicted molar refractivity (Wildman–Crippen MR) is 117 cm³/mol. The van der Waals surface area contributed by atoms with Crippen LogP contribution in [0.5, 0.6) is 11.5 Å². The van der Waals surface area contributed by atoms with E-state index in [1.807, 2.05) is 42.5 Å². The van der Waals surface area contributed by atoms with Crippen LogP contribution in [0.15, 0.2) is 91.3 Å². The molecule has 0 saturated carbocycles. The number of rotatable bonds is 8. The van der Waals surface area contributed by atoms with Crippen LogP contribution in [0.25, 0.3) is 5.57 Å². The van der Waals surface area contributed by atoms with E-state index in [-0.39, 0.29) is 17.9 Å². The van der Waals surface area contributed by atoms with Gasteiger partial charge in [-0.25, -0.2) is 0 Å². The van der Waals surface area contributed by atoms with Crippen LogP contribution in [-0.2, 0) is 4.79 Å². The van der Waals surface area contributed by atoms with Gasteiger partial charge in [-0.3, -0.25) is 19.9 Å². The van der Waals surface area contributed by atoms with Crippen LogP contribution in [-0.4, -0.2) is 23.0 Å². The fourth-order valence-electron chi connectivity index (χ4n) is 2.79. The number of carbonyl (C=O) groups excluding carboxylic acids is 1. The van der Waals surface area contributed by atoms with E-state index in [1.165, 1.54) is 24.3 Å². The first-order valence-electron chi connectivity index (χ1n) is 9.43. The van der Waals surface area contributed by atoms with Crippen LogP contribution in [0.4, 0.5) is 5.69 Å². The highest BCUT2D eigenvalue weighted by Gasteiger charge is 2.08. The molecular weight excluding hydrogens is 396 g/mol. The summed E-state index contributed by atoms with van der Waals surface area (Å²) in [5.41, 5.74) is 2.79. The molecule has 0 atom stereocenters. The lowest BCUT2D eigenvalue weighted by Crippen LogP contribution is -2.06. The van der Waals surface area contributed by atoms with Crippen molar-refractivity contribution < 1.29 is 19.2 Å². The van der Waals surface area contributed by atoms with Crippen molar-refractivity contribution in [2.75, 3.05) is 7.11 Å². The molecule has 3 aromatic rings. The van der Waals surface area contributed by atoms with Crippen LogP contribution >= 0.6 is 0 Å². The van der Waals surface area contributed by atoms with Gasteiger partial charge in [0.15, 0.2) is 0 Å². The van der Waals surface area contributed by atoms with Crippen molar-refractivity contribution in [2.45, 2.75) is 6.42 Å². The van der Waals surface area contributed by atoms with Gasteiger partial charge in [-0.1, -0.05) is 36.4 Å². The molecule has 156 valence electrons. The van der Waals surface area contributed by atoms with Crippen molar-refractivity contribution >= 4 is 17.2 Å². The van der Waals surface area contributed by atoms with Crippen LogP contribution in [0.2, 0.25) is 0 Å². The van der Waals surface area contributed by atoms with E-state index in [4.69, 9.17) is 9.47 Å². The molecule has 0 fully saturated rings. The summed E-state index contributed by atoms with van der Waals surface area (Å²) in [6.45, 7) is 0. The summed E-state index contributed by atoms with van der Waals surface area (Å²) in [5, 5.41) is 10.7. The number of nitrogens with zero attached hydrogens (tertiary/aromatic N) is 2. The zero-order valence-corrected chi connectivity index (χ0v) is 16.8. The van der Waals surface area contributed by atoms with Gasteiger partial charge in [-0.15, -0.1) is 0 Å². The Labute approximate surface area is 179 Å². The van der Waals surface area contributed by atoms with Crippen molar-refractivity contribution in [1.82, 2.24) is 4.98 Å². The zero-order chi connectivity index (χ0) is 22.1. The topological polar surface area (TPSA) is 91.6 Å². The zero-order valence-electron chi connectivity index (χ0n) is 16.8. The Morgan fingerprint density at radius 3 is 2.35 bits per heavy atom. The third-order valence-corrected chi connectivity index (χ3v) is 4.34. The summed E-state index contributed by atoms with van der Waals surface area (Å²) >= 11 is 0. The summed E-state index contributed by atoms with van der Waals surface area (Å²) in [7, 11) is 1.62. The fourth-order valence-corrected chi connectivity index (χ4v) is 2.79. The van der Waals surface area contributed by atoms with E-state index in [1.54, 1.807) is 31.7 Å². The molecule has 7 nitrogen and oxygen atoms in total. The molecule has 0 saturated heterocycles. The first-order valence-corrected chi connectivity index (χ1v) is 9.43. The summed E-state index contributed by atoms with van der Waals surface area (Å²) < 4.78 is 10.4. The average Bonchev–Trinajstić information content (AvgIpc) is 2.80. The number of carbonyl (C=O) groups is 1. The molecule has 1 heterocycles. The van der Waals surface area contributed by atoms with Crippen LogP contribution in [0.3, 0.4) is 0 Å². The molecule has 3 rings (SSSR count). The van der Waals surface area contributed by atoms with Crippen molar-refractivity contribution in [3.05, 3.63) is 113 Å². The molecule has 0 radical (unpaired) electrons. The smallest absolute Gasteiger partial charge is 0.315 e. The molecule has 0 bridgehead atoms. The normalized spacial score (nSPS) is 11.3. The molecule has 0 N–H and O–H groups in total. The van der Waals surface area contributed by atoms with Gasteiger partial charge >= 0.3 is 5.97 Å². The van der Waals surface area contributed by atoms with Gasteiger partial charge in [0.25, 0.3) is 5.69 Å². The van der Waals surface area contributed by atoms with E-state index in [9.17, 15) is 14.9 Å². The molecule has 7 heteroatoms. The quantitative estimate of drug-likeness (QED) is 0.169. The maximum atomic E-state index is 12.0. The van der Waals surface area contributed by atoms with Gasteiger partial charge in [0.05, 0.1) is 18.5 Å². The standard InChI is InChI=1S/C24H20N2O5/c1-30-21-12-8-18(9-13-21)23(19-5-4-16-25-17-19)6-2-3-7-24(27)31-22-14-10-20(11-15-22)26(28)29/h2-6,8-17H,7H2,1H3/b3-2+,23-6+. The average molecular weight is 416 g/mol. The van der Waals surface area contributed by atoms with Crippen molar-refractivity contribution in [3.63, 3.8) is 0 Å². The highest BCUT2D eigenvalue weighted by atomic mass is 16.6. The SMILES string of the molecule is COc1ccc(/C(=C\C=C\CC(=O)Oc2ccc([N+](=O)[O-])cc2)c2cccnc2)cc1. The molecule has 0 spiro atoms. The Kier molecular flexibility index (Phi) is 7.26. The second-order valence-electron chi connectivity index (χ2n) is 6.41. The first kappa shape index (κ1) is 21.4. The van der Waals surface area contributed by atoms with E-state index >= 15 is 0 Å². The highest BCUT2D eigenvalue weighted by molar-refractivity contribution is 5.81. The number of nitro groups is 1. The van der Waals surface area contributed by atoms with E-state index in [0.717, 1.165) is 22.4 Å². The number of non-ortho nitro benzene ring substituents is 1. The second-order valence-corrected chi connectivity index (χ2v) is 6.41. The Hall–Kier alpha value is -4.26. The fraction of sp³-hybridized carbons (Fsp3) is 0.0833. The maximum Gasteiger partial charge on any atom is 0.315 e. The van der Waals surface area contributed by atoms with Crippen LogP contribution in [0, 0.1) is 10.1 Å². The van der Waals surface area contributed by atoms with Gasteiger partial charge < -0.3 is 9.47 Å². The van der Waals surface area contributed by atoms with Crippen molar-refractivity contribution in [3.8, 4) is 11.5 Å². The number of aromatic nitrogens is 1. The van der Waals surface area contributed by atoms with E-state index in [2.05, 4.69) is 4.98 Å². The van der Waals surface area contributed by atoms with Crippen molar-refractivity contribution in [1.29, 1.82) is 0 Å². The van der Waals surface area contributed by atoms with Gasteiger partial charge in [0, 0.05) is 30.1 Å². The Balaban J connectivity index is 1.69. The molecule has 2 aromatic carbocycles. The highest BCUT2D eigenvalue weighted by Crippen LogP contribution is 2.25. The largest absolute Gasteiger partial charge is 0.497 e. The molecule has 0 aliphatic carbocycles. The number of ether oxygens (including phenoxy) is 2. The van der Waals surface area contributed by atoms with Gasteiger partial charge in [0.1, 0.15) is 11.5 Å². The van der Waals surface area contributed by atoms with E-state index in [0.29, 0.717) is 0 Å². The molecule has 0 aliphatic rings. The lowest BCUT2D eigenvalue weighted by Gasteiger charge is -2.08. The number of hydrogen-bond acceptors (Lipinski definition) is 6. The van der Waals surface area contributed by atoms with Gasteiger partial charge in [-0.2, -0.15) is 0 Å². The summed E-state index contributed by atoms with van der Waals surface area (Å²) in [5.74, 6) is 0.554. The third kappa shape index (κ3) is 6.11. The van der Waals surface area contributed by atoms with Crippen molar-refractivity contribution in [2.24, 2.45) is 0 Å². The first-order chi connectivity index (χ1) is 15.1. The monoisotopic (exact) mass is 416 g/mol. The maximum absolute atomic E-state index is 12.0. The number of nitro benzene ring substituents is 1. The minimum absolute atomic E-state index is 0.0520.